The lowest BCUT2D eigenvalue weighted by atomic mass is 10.2. The predicted octanol–water partition coefficient (Wildman–Crippen LogP) is 1.77. The predicted molar refractivity (Wildman–Crippen MR) is 52.4 cm³/mol. The molecule has 0 amide bonds. The van der Waals surface area contributed by atoms with Crippen molar-refractivity contribution < 1.29 is 4.52 Å². The van der Waals surface area contributed by atoms with Crippen molar-refractivity contribution in [1.29, 1.82) is 5.26 Å². The second-order valence-electron chi connectivity index (χ2n) is 3.23. The molecule has 0 saturated heterocycles. The Morgan fingerprint density at radius 3 is 3.07 bits per heavy atom. The van der Waals surface area contributed by atoms with Crippen molar-refractivity contribution in [3.63, 3.8) is 0 Å². The number of hydrogen-bond acceptors (Lipinski definition) is 4. The van der Waals surface area contributed by atoms with Gasteiger partial charge < -0.3 is 9.84 Å². The third-order valence-electron chi connectivity index (χ3n) is 1.87. The molecule has 1 aromatic rings. The fourth-order valence-electron chi connectivity index (χ4n) is 1.17. The number of nitriles is 1. The maximum atomic E-state index is 8.31. The number of aromatic nitrogens is 1. The van der Waals surface area contributed by atoms with E-state index in [9.17, 15) is 0 Å². The van der Waals surface area contributed by atoms with Gasteiger partial charge in [0.05, 0.1) is 18.3 Å². The van der Waals surface area contributed by atoms with Crippen LogP contribution in [0.4, 0.5) is 0 Å². The number of unbranched alkanes of at least 4 members (excludes halogenated alkanes) is 2. The number of aryl methyl sites for hydroxylation is 1. The van der Waals surface area contributed by atoms with Gasteiger partial charge in [0, 0.05) is 12.5 Å². The van der Waals surface area contributed by atoms with Gasteiger partial charge in [0.15, 0.2) is 5.76 Å². The van der Waals surface area contributed by atoms with Crippen molar-refractivity contribution in [2.45, 2.75) is 32.7 Å². The smallest absolute Gasteiger partial charge is 0.150 e. The Labute approximate surface area is 83.9 Å². The molecule has 1 N–H and O–H groups in total. The molecule has 0 spiro atoms. The summed E-state index contributed by atoms with van der Waals surface area (Å²) in [6.07, 6.45) is 2.63. The van der Waals surface area contributed by atoms with E-state index >= 15 is 0 Å². The number of hydrogen-bond donors (Lipinski definition) is 1. The summed E-state index contributed by atoms with van der Waals surface area (Å²) in [6.45, 7) is 3.54. The fraction of sp³-hybridized carbons (Fsp3) is 0.600. The minimum atomic E-state index is 0.642. The lowest BCUT2D eigenvalue weighted by Crippen LogP contribution is -2.14. The lowest BCUT2D eigenvalue weighted by Gasteiger charge is -1.99. The molecule has 1 rings (SSSR count). The second-order valence-corrected chi connectivity index (χ2v) is 3.23. The summed E-state index contributed by atoms with van der Waals surface area (Å²) in [7, 11) is 0. The van der Waals surface area contributed by atoms with E-state index in [0.717, 1.165) is 30.8 Å². The van der Waals surface area contributed by atoms with Crippen molar-refractivity contribution >= 4 is 0 Å². The zero-order valence-electron chi connectivity index (χ0n) is 8.42. The minimum absolute atomic E-state index is 0.642. The van der Waals surface area contributed by atoms with E-state index < -0.39 is 0 Å². The van der Waals surface area contributed by atoms with Crippen LogP contribution in [0.15, 0.2) is 10.6 Å². The van der Waals surface area contributed by atoms with Crippen molar-refractivity contribution in [3.05, 3.63) is 17.5 Å². The van der Waals surface area contributed by atoms with Gasteiger partial charge in [0.25, 0.3) is 0 Å². The SMILES string of the molecule is Cc1cc(CNCCCCC#N)on1. The van der Waals surface area contributed by atoms with Crippen LogP contribution >= 0.6 is 0 Å². The molecule has 0 fully saturated rings. The van der Waals surface area contributed by atoms with Crippen molar-refractivity contribution in [2.24, 2.45) is 0 Å². The highest BCUT2D eigenvalue weighted by atomic mass is 16.5. The van der Waals surface area contributed by atoms with Crippen LogP contribution in [0.2, 0.25) is 0 Å². The van der Waals surface area contributed by atoms with Crippen LogP contribution in [0.3, 0.4) is 0 Å². The van der Waals surface area contributed by atoms with Gasteiger partial charge in [-0.05, 0) is 26.3 Å². The maximum absolute atomic E-state index is 8.31. The summed E-state index contributed by atoms with van der Waals surface area (Å²) >= 11 is 0. The topological polar surface area (TPSA) is 61.9 Å². The lowest BCUT2D eigenvalue weighted by molar-refractivity contribution is 0.369. The molecule has 76 valence electrons. The van der Waals surface area contributed by atoms with Gasteiger partial charge in [-0.15, -0.1) is 0 Å². The van der Waals surface area contributed by atoms with Crippen LogP contribution in [-0.4, -0.2) is 11.7 Å². The van der Waals surface area contributed by atoms with Crippen LogP contribution in [0.1, 0.15) is 30.7 Å². The van der Waals surface area contributed by atoms with E-state index in [4.69, 9.17) is 9.78 Å². The molecule has 0 aliphatic heterocycles. The van der Waals surface area contributed by atoms with E-state index in [1.54, 1.807) is 0 Å². The highest BCUT2D eigenvalue weighted by Crippen LogP contribution is 2.01. The fourth-order valence-corrected chi connectivity index (χ4v) is 1.17. The Bertz CT molecular complexity index is 301. The molecular weight excluding hydrogens is 178 g/mol. The molecule has 4 nitrogen and oxygen atoms in total. The Morgan fingerprint density at radius 1 is 1.57 bits per heavy atom. The van der Waals surface area contributed by atoms with Crippen LogP contribution < -0.4 is 5.32 Å². The first-order valence-electron chi connectivity index (χ1n) is 4.83. The van der Waals surface area contributed by atoms with Gasteiger partial charge in [-0.3, -0.25) is 0 Å². The van der Waals surface area contributed by atoms with Crippen LogP contribution in [0.25, 0.3) is 0 Å². The number of nitrogens with one attached hydrogen (secondary N) is 1. The first-order chi connectivity index (χ1) is 6.83. The largest absolute Gasteiger partial charge is 0.360 e. The Morgan fingerprint density at radius 2 is 2.43 bits per heavy atom. The molecule has 0 saturated carbocycles. The van der Waals surface area contributed by atoms with E-state index in [-0.39, 0.29) is 0 Å². The van der Waals surface area contributed by atoms with Crippen LogP contribution in [0.5, 0.6) is 0 Å². The van der Waals surface area contributed by atoms with Crippen molar-refractivity contribution in [3.8, 4) is 6.07 Å². The highest BCUT2D eigenvalue weighted by molar-refractivity contribution is 5.02. The van der Waals surface area contributed by atoms with Crippen LogP contribution in [-0.2, 0) is 6.54 Å². The maximum Gasteiger partial charge on any atom is 0.150 e. The molecule has 0 aromatic carbocycles. The average molecular weight is 193 g/mol. The van der Waals surface area contributed by atoms with Crippen molar-refractivity contribution in [1.82, 2.24) is 10.5 Å². The number of rotatable bonds is 6. The monoisotopic (exact) mass is 193 g/mol. The average Bonchev–Trinajstić information content (AvgIpc) is 2.58. The molecule has 0 bridgehead atoms. The van der Waals surface area contributed by atoms with E-state index in [1.165, 1.54) is 0 Å². The molecule has 0 aliphatic rings. The summed E-state index contributed by atoms with van der Waals surface area (Å²) in [5.74, 6) is 0.864. The van der Waals surface area contributed by atoms with Crippen LogP contribution in [0, 0.1) is 18.3 Å². The van der Waals surface area contributed by atoms with Gasteiger partial charge >= 0.3 is 0 Å². The molecule has 0 unspecified atom stereocenters. The zero-order valence-corrected chi connectivity index (χ0v) is 8.42. The summed E-state index contributed by atoms with van der Waals surface area (Å²) in [5.41, 5.74) is 0.909. The Hall–Kier alpha value is -1.34. The molecular formula is C10H15N3O. The summed E-state index contributed by atoms with van der Waals surface area (Å²) in [4.78, 5) is 0. The van der Waals surface area contributed by atoms with E-state index in [2.05, 4.69) is 16.5 Å². The highest BCUT2D eigenvalue weighted by Gasteiger charge is 1.98. The third kappa shape index (κ3) is 4.06. The first kappa shape index (κ1) is 10.7. The van der Waals surface area contributed by atoms with E-state index in [1.807, 2.05) is 13.0 Å². The molecule has 1 aromatic heterocycles. The molecule has 1 heterocycles. The Balaban J connectivity index is 2.02. The zero-order chi connectivity index (χ0) is 10.2. The quantitative estimate of drug-likeness (QED) is 0.699. The van der Waals surface area contributed by atoms with Gasteiger partial charge in [0.2, 0.25) is 0 Å². The van der Waals surface area contributed by atoms with Crippen molar-refractivity contribution in [2.75, 3.05) is 6.54 Å². The standard InChI is InChI=1S/C10H15N3O/c1-9-7-10(14-13-9)8-12-6-4-2-3-5-11/h7,12H,2-4,6,8H2,1H3. The summed E-state index contributed by atoms with van der Waals surface area (Å²) < 4.78 is 5.03. The van der Waals surface area contributed by atoms with E-state index in [0.29, 0.717) is 13.0 Å². The Kier molecular flexibility index (Phi) is 4.73. The van der Waals surface area contributed by atoms with Gasteiger partial charge in [-0.1, -0.05) is 5.16 Å². The summed E-state index contributed by atoms with van der Waals surface area (Å²) in [5, 5.41) is 15.3. The third-order valence-corrected chi connectivity index (χ3v) is 1.87. The van der Waals surface area contributed by atoms with Gasteiger partial charge in [-0.25, -0.2) is 0 Å². The molecule has 4 heteroatoms. The first-order valence-corrected chi connectivity index (χ1v) is 4.83. The minimum Gasteiger partial charge on any atom is -0.360 e. The second kappa shape index (κ2) is 6.17. The molecule has 0 aliphatic carbocycles. The van der Waals surface area contributed by atoms with Gasteiger partial charge in [-0.2, -0.15) is 5.26 Å². The summed E-state index contributed by atoms with van der Waals surface area (Å²) in [6, 6.07) is 4.04. The molecule has 0 radical (unpaired) electrons. The van der Waals surface area contributed by atoms with Gasteiger partial charge in [0.1, 0.15) is 0 Å². The number of nitrogens with zero attached hydrogens (tertiary/aromatic N) is 2. The normalized spacial score (nSPS) is 10.0. The molecule has 0 atom stereocenters. The molecule has 14 heavy (non-hydrogen) atoms.